The van der Waals surface area contributed by atoms with Crippen molar-refractivity contribution in [3.05, 3.63) is 29.6 Å². The molecule has 0 spiro atoms. The fourth-order valence-corrected chi connectivity index (χ4v) is 5.38. The molecule has 1 aromatic carbocycles. The predicted octanol–water partition coefficient (Wildman–Crippen LogP) is 2.41. The molecule has 1 fully saturated rings. The van der Waals surface area contributed by atoms with Gasteiger partial charge in [-0.1, -0.05) is 0 Å². The zero-order chi connectivity index (χ0) is 20.5. The van der Waals surface area contributed by atoms with Gasteiger partial charge in [0.25, 0.3) is 0 Å². The number of halogens is 1. The van der Waals surface area contributed by atoms with Crippen molar-refractivity contribution in [2.75, 3.05) is 13.2 Å². The van der Waals surface area contributed by atoms with Crippen LogP contribution in [0.15, 0.2) is 28.4 Å². The van der Waals surface area contributed by atoms with Crippen molar-refractivity contribution in [2.45, 2.75) is 49.5 Å². The normalized spacial score (nSPS) is 18.7. The molecule has 0 saturated carbocycles. The topological polar surface area (TPSA) is 105 Å². The second-order valence-corrected chi connectivity index (χ2v) is 10.3. The summed E-state index contributed by atoms with van der Waals surface area (Å²) in [6.45, 7) is 3.60. The minimum Gasteiger partial charge on any atom is -0.508 e. The number of phenols is 1. The van der Waals surface area contributed by atoms with E-state index < -0.39 is 31.4 Å². The first-order valence-corrected chi connectivity index (χ1v) is 10.6. The van der Waals surface area contributed by atoms with Crippen molar-refractivity contribution in [1.82, 2.24) is 0 Å². The summed E-state index contributed by atoms with van der Waals surface area (Å²) in [5.41, 5.74) is 0.922. The van der Waals surface area contributed by atoms with Crippen molar-refractivity contribution < 1.29 is 27.4 Å². The maximum atomic E-state index is 14.0. The van der Waals surface area contributed by atoms with E-state index in [0.717, 1.165) is 6.07 Å². The van der Waals surface area contributed by atoms with E-state index in [-0.39, 0.29) is 24.2 Å². The molecular formula is C19H23FN2O5S. The Morgan fingerprint density at radius 1 is 1.29 bits per heavy atom. The van der Waals surface area contributed by atoms with Crippen LogP contribution in [0.1, 0.15) is 45.1 Å². The van der Waals surface area contributed by atoms with Gasteiger partial charge in [0.15, 0.2) is 15.6 Å². The molecule has 28 heavy (non-hydrogen) atoms. The van der Waals surface area contributed by atoms with E-state index >= 15 is 0 Å². The average Bonchev–Trinajstić information content (AvgIpc) is 3.10. The molecule has 0 bridgehead atoms. The van der Waals surface area contributed by atoms with E-state index in [1.165, 1.54) is 26.0 Å². The number of ether oxygens (including phenoxy) is 1. The summed E-state index contributed by atoms with van der Waals surface area (Å²) in [6, 6.07) is 3.71. The summed E-state index contributed by atoms with van der Waals surface area (Å²) >= 11 is 0. The number of nitrogens with zero attached hydrogens (tertiary/aromatic N) is 2. The smallest absolute Gasteiger partial charge is 0.165 e. The van der Waals surface area contributed by atoms with Crippen molar-refractivity contribution in [3.63, 3.8) is 0 Å². The molecule has 152 valence electrons. The molecule has 0 amide bonds. The Morgan fingerprint density at radius 2 is 1.96 bits per heavy atom. The standard InChI is InChI=1S/C19H23FN2O5S/c1-19(2,28(25,26)14-5-7-27-8-6-14)18(24)10-12-9-17(22-21-12)15-4-3-13(23)11-16(15)20/h3-4,11,14,23H,5-10H2,1-2H3. The largest absolute Gasteiger partial charge is 0.508 e. The van der Waals surface area contributed by atoms with Crippen LogP contribution in [0.4, 0.5) is 4.39 Å². The number of Topliss-reactive ketones (excluding diaryl/α,β-unsaturated/α-hetero) is 1. The fourth-order valence-electron chi connectivity index (χ4n) is 3.34. The summed E-state index contributed by atoms with van der Waals surface area (Å²) in [7, 11) is -3.69. The second-order valence-electron chi connectivity index (χ2n) is 7.52. The van der Waals surface area contributed by atoms with Gasteiger partial charge >= 0.3 is 0 Å². The van der Waals surface area contributed by atoms with Crippen LogP contribution in [0.3, 0.4) is 0 Å². The summed E-state index contributed by atoms with van der Waals surface area (Å²) in [5, 5.41) is 16.6. The maximum absolute atomic E-state index is 14.0. The Kier molecular flexibility index (Phi) is 5.67. The molecule has 2 aliphatic rings. The lowest BCUT2D eigenvalue weighted by Gasteiger charge is -2.31. The molecule has 9 heteroatoms. The Hall–Kier alpha value is -2.13. The maximum Gasteiger partial charge on any atom is 0.165 e. The molecule has 0 aliphatic carbocycles. The zero-order valence-electron chi connectivity index (χ0n) is 15.8. The first-order valence-electron chi connectivity index (χ1n) is 9.08. The molecule has 1 aromatic rings. The van der Waals surface area contributed by atoms with E-state index in [0.29, 0.717) is 37.5 Å². The summed E-state index contributed by atoms with van der Waals surface area (Å²) < 4.78 is 43.6. The molecular weight excluding hydrogens is 387 g/mol. The van der Waals surface area contributed by atoms with Gasteiger partial charge in [0.2, 0.25) is 0 Å². The van der Waals surface area contributed by atoms with Gasteiger partial charge in [0.05, 0.1) is 16.7 Å². The van der Waals surface area contributed by atoms with E-state index in [2.05, 4.69) is 10.2 Å². The number of carbonyl (C=O) groups excluding carboxylic acids is 1. The highest BCUT2D eigenvalue weighted by molar-refractivity contribution is 7.94. The zero-order valence-corrected chi connectivity index (χ0v) is 16.6. The highest BCUT2D eigenvalue weighted by Crippen LogP contribution is 2.30. The van der Waals surface area contributed by atoms with Crippen LogP contribution < -0.4 is 0 Å². The van der Waals surface area contributed by atoms with Gasteiger partial charge in [-0.15, -0.1) is 0 Å². The van der Waals surface area contributed by atoms with Gasteiger partial charge in [-0.3, -0.25) is 4.79 Å². The van der Waals surface area contributed by atoms with Gasteiger partial charge in [-0.05, 0) is 38.8 Å². The highest BCUT2D eigenvalue weighted by atomic mass is 32.2. The first-order chi connectivity index (χ1) is 13.1. The SMILES string of the molecule is CC(C)(C(=O)CC1=NN=C(c2ccc(O)cc2F)C1)S(=O)(=O)C1CCOCC1. The lowest BCUT2D eigenvalue weighted by atomic mass is 9.98. The van der Waals surface area contributed by atoms with Crippen molar-refractivity contribution in [3.8, 4) is 5.75 Å². The minimum atomic E-state index is -3.69. The number of hydrogen-bond acceptors (Lipinski definition) is 7. The monoisotopic (exact) mass is 410 g/mol. The number of sulfone groups is 1. The highest BCUT2D eigenvalue weighted by Gasteiger charge is 2.46. The third-order valence-electron chi connectivity index (χ3n) is 5.30. The van der Waals surface area contributed by atoms with Gasteiger partial charge in [0.1, 0.15) is 16.3 Å². The number of phenolic OH excluding ortho intramolecular Hbond substituents is 1. The first kappa shape index (κ1) is 20.6. The summed E-state index contributed by atoms with van der Waals surface area (Å²) in [4.78, 5) is 12.8. The molecule has 0 aromatic heterocycles. The van der Waals surface area contributed by atoms with Gasteiger partial charge in [-0.25, -0.2) is 12.8 Å². The molecule has 1 N–H and O–H groups in total. The van der Waals surface area contributed by atoms with Crippen LogP contribution in [-0.2, 0) is 19.4 Å². The number of ketones is 1. The number of benzene rings is 1. The van der Waals surface area contributed by atoms with Crippen LogP contribution in [0.25, 0.3) is 0 Å². The quantitative estimate of drug-likeness (QED) is 0.775. The van der Waals surface area contributed by atoms with Crippen molar-refractivity contribution in [1.29, 1.82) is 0 Å². The van der Waals surface area contributed by atoms with Crippen LogP contribution >= 0.6 is 0 Å². The Labute approximate surface area is 163 Å². The van der Waals surface area contributed by atoms with Gasteiger partial charge in [-0.2, -0.15) is 10.2 Å². The minimum absolute atomic E-state index is 0.154. The molecule has 2 heterocycles. The lowest BCUT2D eigenvalue weighted by Crippen LogP contribution is -2.48. The third kappa shape index (κ3) is 3.86. The van der Waals surface area contributed by atoms with Crippen LogP contribution in [0, 0.1) is 5.82 Å². The van der Waals surface area contributed by atoms with Crippen LogP contribution in [0.2, 0.25) is 0 Å². The number of hydrogen-bond donors (Lipinski definition) is 1. The predicted molar refractivity (Wildman–Crippen MR) is 103 cm³/mol. The summed E-state index contributed by atoms with van der Waals surface area (Å²) in [5.74, 6) is -1.29. The van der Waals surface area contributed by atoms with Gasteiger partial charge in [0, 0.05) is 37.7 Å². The molecule has 7 nitrogen and oxygen atoms in total. The fraction of sp³-hybridized carbons (Fsp3) is 0.526. The number of carbonyl (C=O) groups is 1. The molecule has 0 unspecified atom stereocenters. The Bertz CT molecular complexity index is 947. The Balaban J connectivity index is 1.68. The van der Waals surface area contributed by atoms with Crippen molar-refractivity contribution in [2.24, 2.45) is 10.2 Å². The molecule has 0 atom stereocenters. The van der Waals surface area contributed by atoms with E-state index in [1.54, 1.807) is 0 Å². The summed E-state index contributed by atoms with van der Waals surface area (Å²) in [6.07, 6.45) is 0.754. The lowest BCUT2D eigenvalue weighted by molar-refractivity contribution is -0.119. The molecule has 0 radical (unpaired) electrons. The van der Waals surface area contributed by atoms with Crippen molar-refractivity contribution >= 4 is 27.0 Å². The second kappa shape index (κ2) is 7.71. The molecule has 2 aliphatic heterocycles. The number of aromatic hydroxyl groups is 1. The third-order valence-corrected chi connectivity index (χ3v) is 8.30. The molecule has 1 saturated heterocycles. The Morgan fingerprint density at radius 3 is 2.61 bits per heavy atom. The van der Waals surface area contributed by atoms with E-state index in [1.807, 2.05) is 0 Å². The van der Waals surface area contributed by atoms with E-state index in [9.17, 15) is 22.7 Å². The van der Waals surface area contributed by atoms with E-state index in [4.69, 9.17) is 4.74 Å². The van der Waals surface area contributed by atoms with Gasteiger partial charge < -0.3 is 9.84 Å². The average molecular weight is 410 g/mol. The molecule has 3 rings (SSSR count). The number of rotatable bonds is 6. The van der Waals surface area contributed by atoms with Crippen LogP contribution in [0.5, 0.6) is 5.75 Å². The van der Waals surface area contributed by atoms with Crippen LogP contribution in [-0.4, -0.2) is 53.9 Å².